The van der Waals surface area contributed by atoms with Crippen LogP contribution in [0.1, 0.15) is 38.7 Å². The molecule has 1 aromatic carbocycles. The maximum atomic E-state index is 12.7. The Labute approximate surface area is 120 Å². The molecule has 1 rings (SSSR count). The molecule has 0 atom stereocenters. The summed E-state index contributed by atoms with van der Waals surface area (Å²) >= 11 is 0. The van der Waals surface area contributed by atoms with Crippen LogP contribution in [0.2, 0.25) is 0 Å². The SMILES string of the molecule is CC(C)(CO)CCCNC(=O)CCc1ccc(F)cc1. The predicted octanol–water partition coefficient (Wildman–Crippen LogP) is 2.67. The van der Waals surface area contributed by atoms with E-state index in [2.05, 4.69) is 5.32 Å². The number of aliphatic hydroxyl groups excluding tert-OH is 1. The van der Waals surface area contributed by atoms with E-state index < -0.39 is 0 Å². The number of aliphatic hydroxyl groups is 1. The fourth-order valence-electron chi connectivity index (χ4n) is 1.87. The van der Waals surface area contributed by atoms with E-state index in [-0.39, 0.29) is 23.7 Å². The quantitative estimate of drug-likeness (QED) is 0.720. The maximum absolute atomic E-state index is 12.7. The smallest absolute Gasteiger partial charge is 0.220 e. The molecule has 0 aromatic heterocycles. The second-order valence-corrected chi connectivity index (χ2v) is 5.90. The van der Waals surface area contributed by atoms with E-state index in [1.807, 2.05) is 13.8 Å². The highest BCUT2D eigenvalue weighted by Gasteiger charge is 2.15. The van der Waals surface area contributed by atoms with Gasteiger partial charge in [-0.05, 0) is 42.4 Å². The van der Waals surface area contributed by atoms with E-state index in [1.165, 1.54) is 12.1 Å². The van der Waals surface area contributed by atoms with Gasteiger partial charge in [0.1, 0.15) is 5.82 Å². The molecule has 0 heterocycles. The van der Waals surface area contributed by atoms with E-state index in [0.717, 1.165) is 18.4 Å². The van der Waals surface area contributed by atoms with Crippen molar-refractivity contribution in [3.05, 3.63) is 35.6 Å². The van der Waals surface area contributed by atoms with Crippen LogP contribution in [0.4, 0.5) is 4.39 Å². The van der Waals surface area contributed by atoms with Gasteiger partial charge < -0.3 is 10.4 Å². The molecule has 0 radical (unpaired) electrons. The molecule has 0 saturated heterocycles. The molecule has 4 heteroatoms. The number of carbonyl (C=O) groups is 1. The summed E-state index contributed by atoms with van der Waals surface area (Å²) in [5, 5.41) is 12.0. The molecule has 0 saturated carbocycles. The monoisotopic (exact) mass is 281 g/mol. The molecule has 0 aliphatic rings. The van der Waals surface area contributed by atoms with Crippen LogP contribution < -0.4 is 5.32 Å². The Morgan fingerprint density at radius 3 is 2.55 bits per heavy atom. The highest BCUT2D eigenvalue weighted by atomic mass is 19.1. The number of hydrogen-bond acceptors (Lipinski definition) is 2. The number of aryl methyl sites for hydroxylation is 1. The van der Waals surface area contributed by atoms with Crippen LogP contribution in [0.15, 0.2) is 24.3 Å². The molecule has 0 bridgehead atoms. The number of halogens is 1. The van der Waals surface area contributed by atoms with Crippen molar-refractivity contribution in [1.82, 2.24) is 5.32 Å². The Balaban J connectivity index is 2.16. The Morgan fingerprint density at radius 2 is 1.95 bits per heavy atom. The van der Waals surface area contributed by atoms with Crippen molar-refractivity contribution in [2.24, 2.45) is 5.41 Å². The van der Waals surface area contributed by atoms with Gasteiger partial charge in [-0.1, -0.05) is 26.0 Å². The number of hydrogen-bond donors (Lipinski definition) is 2. The van der Waals surface area contributed by atoms with Crippen molar-refractivity contribution in [1.29, 1.82) is 0 Å². The predicted molar refractivity (Wildman–Crippen MR) is 77.8 cm³/mol. The molecule has 0 aliphatic heterocycles. The van der Waals surface area contributed by atoms with Gasteiger partial charge in [0, 0.05) is 19.6 Å². The van der Waals surface area contributed by atoms with Gasteiger partial charge in [0.25, 0.3) is 0 Å². The van der Waals surface area contributed by atoms with Crippen molar-refractivity contribution in [2.75, 3.05) is 13.2 Å². The third-order valence-corrected chi connectivity index (χ3v) is 3.33. The highest BCUT2D eigenvalue weighted by Crippen LogP contribution is 2.20. The second-order valence-electron chi connectivity index (χ2n) is 5.90. The van der Waals surface area contributed by atoms with Crippen LogP contribution in [0.5, 0.6) is 0 Å². The Morgan fingerprint density at radius 1 is 1.30 bits per heavy atom. The molecule has 20 heavy (non-hydrogen) atoms. The molecule has 0 unspecified atom stereocenters. The van der Waals surface area contributed by atoms with E-state index in [4.69, 9.17) is 5.11 Å². The minimum Gasteiger partial charge on any atom is -0.396 e. The highest BCUT2D eigenvalue weighted by molar-refractivity contribution is 5.76. The summed E-state index contributed by atoms with van der Waals surface area (Å²) in [6.07, 6.45) is 2.76. The molecule has 1 amide bonds. The van der Waals surface area contributed by atoms with Gasteiger partial charge >= 0.3 is 0 Å². The molecule has 0 spiro atoms. The van der Waals surface area contributed by atoms with Crippen molar-refractivity contribution >= 4 is 5.91 Å². The van der Waals surface area contributed by atoms with Crippen molar-refractivity contribution in [3.63, 3.8) is 0 Å². The summed E-state index contributed by atoms with van der Waals surface area (Å²) in [4.78, 5) is 11.6. The number of benzene rings is 1. The number of carbonyl (C=O) groups excluding carboxylic acids is 1. The van der Waals surface area contributed by atoms with Gasteiger partial charge in [-0.15, -0.1) is 0 Å². The van der Waals surface area contributed by atoms with E-state index in [9.17, 15) is 9.18 Å². The van der Waals surface area contributed by atoms with Crippen LogP contribution in [0.25, 0.3) is 0 Å². The molecule has 0 aliphatic carbocycles. The fraction of sp³-hybridized carbons (Fsp3) is 0.562. The summed E-state index contributed by atoms with van der Waals surface area (Å²) in [6.45, 7) is 4.80. The Hall–Kier alpha value is -1.42. The lowest BCUT2D eigenvalue weighted by molar-refractivity contribution is -0.121. The molecule has 3 nitrogen and oxygen atoms in total. The Kier molecular flexibility index (Phi) is 6.65. The fourth-order valence-corrected chi connectivity index (χ4v) is 1.87. The van der Waals surface area contributed by atoms with Crippen molar-refractivity contribution in [3.8, 4) is 0 Å². The average Bonchev–Trinajstić information content (AvgIpc) is 2.43. The van der Waals surface area contributed by atoms with Gasteiger partial charge in [-0.25, -0.2) is 4.39 Å². The largest absolute Gasteiger partial charge is 0.396 e. The molecule has 0 fully saturated rings. The van der Waals surface area contributed by atoms with Gasteiger partial charge in [0.2, 0.25) is 5.91 Å². The first-order valence-electron chi connectivity index (χ1n) is 7.05. The van der Waals surface area contributed by atoms with E-state index in [0.29, 0.717) is 19.4 Å². The third kappa shape index (κ3) is 6.66. The van der Waals surface area contributed by atoms with Crippen LogP contribution in [0, 0.1) is 11.2 Å². The summed E-state index contributed by atoms with van der Waals surface area (Å²) in [6, 6.07) is 6.22. The normalized spacial score (nSPS) is 11.4. The zero-order valence-electron chi connectivity index (χ0n) is 12.3. The van der Waals surface area contributed by atoms with Gasteiger partial charge in [0.15, 0.2) is 0 Å². The molecular formula is C16H24FNO2. The summed E-state index contributed by atoms with van der Waals surface area (Å²) in [5.41, 5.74) is 0.877. The minimum atomic E-state index is -0.260. The first kappa shape index (κ1) is 16.6. The zero-order valence-corrected chi connectivity index (χ0v) is 12.3. The van der Waals surface area contributed by atoms with Crippen molar-refractivity contribution < 1.29 is 14.3 Å². The third-order valence-electron chi connectivity index (χ3n) is 3.33. The molecule has 1 aromatic rings. The minimum absolute atomic E-state index is 0.0103. The van der Waals surface area contributed by atoms with Gasteiger partial charge in [-0.2, -0.15) is 0 Å². The topological polar surface area (TPSA) is 49.3 Å². The van der Waals surface area contributed by atoms with Crippen LogP contribution in [0.3, 0.4) is 0 Å². The number of amides is 1. The lowest BCUT2D eigenvalue weighted by Gasteiger charge is -2.21. The van der Waals surface area contributed by atoms with E-state index in [1.54, 1.807) is 12.1 Å². The number of rotatable bonds is 8. The van der Waals surface area contributed by atoms with Gasteiger partial charge in [0.05, 0.1) is 0 Å². The summed E-state index contributed by atoms with van der Waals surface area (Å²) < 4.78 is 12.7. The lowest BCUT2D eigenvalue weighted by Crippen LogP contribution is -2.26. The summed E-state index contributed by atoms with van der Waals surface area (Å²) in [7, 11) is 0. The average molecular weight is 281 g/mol. The Bertz CT molecular complexity index is 415. The maximum Gasteiger partial charge on any atom is 0.220 e. The molecule has 2 N–H and O–H groups in total. The standard InChI is InChI=1S/C16H24FNO2/c1-16(2,12-19)10-3-11-18-15(20)9-6-13-4-7-14(17)8-5-13/h4-5,7-8,19H,3,6,9-12H2,1-2H3,(H,18,20). The zero-order chi connectivity index (χ0) is 15.0. The molecular weight excluding hydrogens is 257 g/mol. The summed E-state index contributed by atoms with van der Waals surface area (Å²) in [5.74, 6) is -0.249. The van der Waals surface area contributed by atoms with Crippen LogP contribution in [-0.2, 0) is 11.2 Å². The lowest BCUT2D eigenvalue weighted by atomic mass is 9.89. The van der Waals surface area contributed by atoms with Crippen LogP contribution in [-0.4, -0.2) is 24.2 Å². The second kappa shape index (κ2) is 8.00. The van der Waals surface area contributed by atoms with E-state index >= 15 is 0 Å². The number of nitrogens with one attached hydrogen (secondary N) is 1. The van der Waals surface area contributed by atoms with Gasteiger partial charge in [-0.3, -0.25) is 4.79 Å². The first-order valence-corrected chi connectivity index (χ1v) is 7.05. The van der Waals surface area contributed by atoms with Crippen LogP contribution >= 0.6 is 0 Å². The first-order chi connectivity index (χ1) is 9.43. The molecule has 112 valence electrons. The van der Waals surface area contributed by atoms with Crippen molar-refractivity contribution in [2.45, 2.75) is 39.5 Å².